The van der Waals surface area contributed by atoms with Crippen LogP contribution in [0.5, 0.6) is 11.5 Å². The summed E-state index contributed by atoms with van der Waals surface area (Å²) in [5.41, 5.74) is 4.39. The van der Waals surface area contributed by atoms with E-state index in [4.69, 9.17) is 9.47 Å². The van der Waals surface area contributed by atoms with Crippen LogP contribution in [0.25, 0.3) is 21.9 Å². The van der Waals surface area contributed by atoms with Crippen LogP contribution in [0.1, 0.15) is 21.7 Å². The van der Waals surface area contributed by atoms with E-state index < -0.39 is 0 Å². The van der Waals surface area contributed by atoms with Crippen LogP contribution in [0.3, 0.4) is 0 Å². The van der Waals surface area contributed by atoms with Crippen LogP contribution >= 0.6 is 11.3 Å². The Bertz CT molecular complexity index is 1470. The molecule has 0 aliphatic rings. The van der Waals surface area contributed by atoms with E-state index in [2.05, 4.69) is 11.1 Å². The standard InChI is InChI=1S/C30H22N2O2S/c31-19-25(30-32-26-13-7-8-14-29(26)35-30)17-24-15-16-27(33-20-22-9-3-1-4-10-22)28(18-24)34-21-23-11-5-2-6-12-23/h1-18H,20-21H2/b25-17+. The molecule has 0 atom stereocenters. The minimum atomic E-state index is 0.415. The second-order valence-corrected chi connectivity index (χ2v) is 8.94. The molecule has 1 aromatic heterocycles. The van der Waals surface area contributed by atoms with Gasteiger partial charge in [-0.05, 0) is 47.0 Å². The lowest BCUT2D eigenvalue weighted by molar-refractivity contribution is 0.256. The van der Waals surface area contributed by atoms with Gasteiger partial charge in [0.05, 0.1) is 15.8 Å². The summed E-state index contributed by atoms with van der Waals surface area (Å²) in [4.78, 5) is 4.63. The lowest BCUT2D eigenvalue weighted by Crippen LogP contribution is -2.01. The third kappa shape index (κ3) is 5.57. The van der Waals surface area contributed by atoms with E-state index >= 15 is 0 Å². The van der Waals surface area contributed by atoms with Crippen molar-refractivity contribution in [1.29, 1.82) is 5.26 Å². The molecule has 5 rings (SSSR count). The fourth-order valence-corrected chi connectivity index (χ4v) is 4.54. The predicted molar refractivity (Wildman–Crippen MR) is 141 cm³/mol. The van der Waals surface area contributed by atoms with E-state index in [0.717, 1.165) is 26.9 Å². The van der Waals surface area contributed by atoms with Crippen molar-refractivity contribution in [3.05, 3.63) is 125 Å². The van der Waals surface area contributed by atoms with Gasteiger partial charge in [-0.2, -0.15) is 5.26 Å². The predicted octanol–water partition coefficient (Wildman–Crippen LogP) is 7.52. The highest BCUT2D eigenvalue weighted by Crippen LogP contribution is 2.33. The van der Waals surface area contributed by atoms with Gasteiger partial charge in [0.2, 0.25) is 0 Å². The largest absolute Gasteiger partial charge is 0.485 e. The minimum Gasteiger partial charge on any atom is -0.485 e. The van der Waals surface area contributed by atoms with Crippen molar-refractivity contribution in [2.75, 3.05) is 0 Å². The first kappa shape index (κ1) is 22.4. The van der Waals surface area contributed by atoms with Crippen molar-refractivity contribution in [1.82, 2.24) is 4.98 Å². The van der Waals surface area contributed by atoms with Crippen molar-refractivity contribution in [3.8, 4) is 17.6 Å². The Morgan fingerprint density at radius 3 is 2.06 bits per heavy atom. The van der Waals surface area contributed by atoms with Gasteiger partial charge in [0.15, 0.2) is 11.5 Å². The molecule has 0 bridgehead atoms. The number of thiazole rings is 1. The maximum absolute atomic E-state index is 9.84. The van der Waals surface area contributed by atoms with Gasteiger partial charge in [0, 0.05) is 0 Å². The fraction of sp³-hybridized carbons (Fsp3) is 0.0667. The van der Waals surface area contributed by atoms with Crippen LogP contribution < -0.4 is 9.47 Å². The molecule has 0 aliphatic carbocycles. The number of fused-ring (bicyclic) bond motifs is 1. The Morgan fingerprint density at radius 2 is 1.40 bits per heavy atom. The summed E-state index contributed by atoms with van der Waals surface area (Å²) in [5.74, 6) is 1.28. The topological polar surface area (TPSA) is 55.1 Å². The van der Waals surface area contributed by atoms with Crippen molar-refractivity contribution in [2.45, 2.75) is 13.2 Å². The van der Waals surface area contributed by atoms with E-state index in [1.54, 1.807) is 0 Å². The van der Waals surface area contributed by atoms with Crippen molar-refractivity contribution >= 4 is 33.2 Å². The summed E-state index contributed by atoms with van der Waals surface area (Å²) >= 11 is 1.51. The lowest BCUT2D eigenvalue weighted by Gasteiger charge is -2.14. The Hall–Kier alpha value is -4.40. The van der Waals surface area contributed by atoms with Gasteiger partial charge in [-0.15, -0.1) is 11.3 Å². The fourth-order valence-electron chi connectivity index (χ4n) is 3.61. The monoisotopic (exact) mass is 474 g/mol. The number of para-hydroxylation sites is 1. The number of aromatic nitrogens is 1. The molecule has 0 amide bonds. The molecule has 0 spiro atoms. The van der Waals surface area contributed by atoms with Crippen LogP contribution in [0.2, 0.25) is 0 Å². The maximum Gasteiger partial charge on any atom is 0.162 e. The molecular weight excluding hydrogens is 452 g/mol. The molecule has 0 saturated heterocycles. The number of rotatable bonds is 8. The maximum atomic E-state index is 9.84. The quantitative estimate of drug-likeness (QED) is 0.218. The number of hydrogen-bond donors (Lipinski definition) is 0. The summed E-state index contributed by atoms with van der Waals surface area (Å²) in [7, 11) is 0. The Labute approximate surface area is 208 Å². The molecule has 0 saturated carbocycles. The number of nitrogens with zero attached hydrogens (tertiary/aromatic N) is 2. The molecule has 4 nitrogen and oxygen atoms in total. The third-order valence-corrected chi connectivity index (χ3v) is 6.47. The average molecular weight is 475 g/mol. The summed E-state index contributed by atoms with van der Waals surface area (Å²) in [6.07, 6.45) is 1.84. The van der Waals surface area contributed by atoms with Gasteiger partial charge < -0.3 is 9.47 Å². The third-order valence-electron chi connectivity index (χ3n) is 5.40. The number of benzene rings is 4. The first-order valence-electron chi connectivity index (χ1n) is 11.2. The summed E-state index contributed by atoms with van der Waals surface area (Å²) in [6, 6.07) is 36.0. The van der Waals surface area contributed by atoms with Gasteiger partial charge in [0.25, 0.3) is 0 Å². The number of nitriles is 1. The zero-order chi connectivity index (χ0) is 23.9. The van der Waals surface area contributed by atoms with Gasteiger partial charge in [-0.1, -0.05) is 78.9 Å². The van der Waals surface area contributed by atoms with Gasteiger partial charge in [-0.25, -0.2) is 4.98 Å². The molecule has 0 fully saturated rings. The molecule has 0 radical (unpaired) electrons. The van der Waals surface area contributed by atoms with Crippen LogP contribution in [0.4, 0.5) is 0 Å². The van der Waals surface area contributed by atoms with Gasteiger partial charge in [-0.3, -0.25) is 0 Å². The molecule has 170 valence electrons. The second kappa shape index (κ2) is 10.7. The van der Waals surface area contributed by atoms with Crippen LogP contribution in [0.15, 0.2) is 103 Å². The lowest BCUT2D eigenvalue weighted by atomic mass is 10.1. The van der Waals surface area contributed by atoms with Crippen molar-refractivity contribution in [3.63, 3.8) is 0 Å². The summed E-state index contributed by atoms with van der Waals surface area (Å²) in [5, 5.41) is 10.5. The average Bonchev–Trinajstić information content (AvgIpc) is 3.35. The zero-order valence-corrected chi connectivity index (χ0v) is 19.7. The zero-order valence-electron chi connectivity index (χ0n) is 18.9. The molecule has 5 heteroatoms. The number of ether oxygens (including phenoxy) is 2. The molecule has 35 heavy (non-hydrogen) atoms. The Kier molecular flexibility index (Phi) is 6.84. The first-order valence-corrected chi connectivity index (χ1v) is 12.1. The number of hydrogen-bond acceptors (Lipinski definition) is 5. The number of allylic oxidation sites excluding steroid dienone is 1. The minimum absolute atomic E-state index is 0.415. The molecule has 0 aliphatic heterocycles. The van der Waals surface area contributed by atoms with Crippen LogP contribution in [-0.2, 0) is 13.2 Å². The molecule has 1 heterocycles. The van der Waals surface area contributed by atoms with E-state index in [0.29, 0.717) is 35.3 Å². The van der Waals surface area contributed by atoms with E-state index in [9.17, 15) is 5.26 Å². The van der Waals surface area contributed by atoms with E-state index in [-0.39, 0.29) is 0 Å². The first-order chi connectivity index (χ1) is 17.3. The molecular formula is C30H22N2O2S. The van der Waals surface area contributed by atoms with Gasteiger partial charge >= 0.3 is 0 Å². The second-order valence-electron chi connectivity index (χ2n) is 7.91. The molecule has 4 aromatic carbocycles. The normalized spacial score (nSPS) is 11.2. The van der Waals surface area contributed by atoms with Crippen LogP contribution in [-0.4, -0.2) is 4.98 Å². The van der Waals surface area contributed by atoms with Gasteiger partial charge in [0.1, 0.15) is 24.3 Å². The smallest absolute Gasteiger partial charge is 0.162 e. The van der Waals surface area contributed by atoms with Crippen molar-refractivity contribution < 1.29 is 9.47 Å². The summed E-state index contributed by atoms with van der Waals surface area (Å²) < 4.78 is 13.3. The molecule has 5 aromatic rings. The highest BCUT2D eigenvalue weighted by Gasteiger charge is 2.11. The Balaban J connectivity index is 1.44. The molecule has 0 unspecified atom stereocenters. The van der Waals surface area contributed by atoms with Crippen LogP contribution in [0, 0.1) is 11.3 Å². The highest BCUT2D eigenvalue weighted by molar-refractivity contribution is 7.19. The van der Waals surface area contributed by atoms with Crippen molar-refractivity contribution in [2.24, 2.45) is 0 Å². The highest BCUT2D eigenvalue weighted by atomic mass is 32.1. The SMILES string of the molecule is N#C/C(=C\c1ccc(OCc2ccccc2)c(OCc2ccccc2)c1)c1nc2ccccc2s1. The molecule has 0 N–H and O–H groups in total. The Morgan fingerprint density at radius 1 is 0.771 bits per heavy atom. The van der Waals surface area contributed by atoms with E-state index in [1.165, 1.54) is 11.3 Å². The van der Waals surface area contributed by atoms with E-state index in [1.807, 2.05) is 109 Å². The summed E-state index contributed by atoms with van der Waals surface area (Å²) in [6.45, 7) is 0.853.